The summed E-state index contributed by atoms with van der Waals surface area (Å²) in [6, 6.07) is 4.91. The van der Waals surface area contributed by atoms with E-state index in [1.165, 1.54) is 43.6 Å². The predicted molar refractivity (Wildman–Crippen MR) is 128 cm³/mol. The SMILES string of the molecule is CN=C(NCC(c1cccs1)N1CCC(C)CC1)N1CCC2(CCOC2)C1.I. The third kappa shape index (κ3) is 5.02. The lowest BCUT2D eigenvalue weighted by Crippen LogP contribution is -2.46. The standard InChI is InChI=1S/C21H34N4OS.HI/c1-17-5-9-24(10-6-17)18(19-4-3-13-27-19)14-23-20(22-2)25-11-7-21(15-25)8-12-26-16-21;/h3-4,13,17-18H,5-12,14-16H2,1-2H3,(H,22,23);1H. The van der Waals surface area contributed by atoms with E-state index in [2.05, 4.69) is 44.5 Å². The topological polar surface area (TPSA) is 40.1 Å². The van der Waals surface area contributed by atoms with E-state index < -0.39 is 0 Å². The Hall–Kier alpha value is -0.380. The Bertz CT molecular complexity index is 624. The lowest BCUT2D eigenvalue weighted by molar-refractivity contribution is 0.139. The fraction of sp³-hybridized carbons (Fsp3) is 0.762. The van der Waals surface area contributed by atoms with Gasteiger partial charge in [0.1, 0.15) is 0 Å². The van der Waals surface area contributed by atoms with Crippen molar-refractivity contribution in [1.82, 2.24) is 15.1 Å². The lowest BCUT2D eigenvalue weighted by Gasteiger charge is -2.37. The second kappa shape index (κ2) is 10.1. The maximum absolute atomic E-state index is 5.69. The smallest absolute Gasteiger partial charge is 0.193 e. The van der Waals surface area contributed by atoms with E-state index in [9.17, 15) is 0 Å². The fourth-order valence-corrected chi connectivity index (χ4v) is 5.70. The Labute approximate surface area is 190 Å². The zero-order valence-corrected chi connectivity index (χ0v) is 20.4. The Morgan fingerprint density at radius 3 is 2.82 bits per heavy atom. The zero-order chi connectivity index (χ0) is 18.7. The van der Waals surface area contributed by atoms with Gasteiger partial charge in [-0.1, -0.05) is 13.0 Å². The molecule has 0 aromatic carbocycles. The number of nitrogens with zero attached hydrogens (tertiary/aromatic N) is 3. The summed E-state index contributed by atoms with van der Waals surface area (Å²) in [5, 5.41) is 5.92. The molecule has 0 aliphatic carbocycles. The van der Waals surface area contributed by atoms with Crippen molar-refractivity contribution < 1.29 is 4.74 Å². The van der Waals surface area contributed by atoms with Crippen LogP contribution in [0.5, 0.6) is 0 Å². The van der Waals surface area contributed by atoms with E-state index in [-0.39, 0.29) is 24.0 Å². The summed E-state index contributed by atoms with van der Waals surface area (Å²) < 4.78 is 5.69. The molecule has 1 spiro atoms. The number of hydrogen-bond donors (Lipinski definition) is 1. The second-order valence-electron chi connectivity index (χ2n) is 8.65. The van der Waals surface area contributed by atoms with Crippen molar-refractivity contribution in [2.24, 2.45) is 16.3 Å². The van der Waals surface area contributed by atoms with Crippen molar-refractivity contribution in [1.29, 1.82) is 0 Å². The molecule has 1 N–H and O–H groups in total. The van der Waals surface area contributed by atoms with Gasteiger partial charge in [0, 0.05) is 43.6 Å². The van der Waals surface area contributed by atoms with Gasteiger partial charge in [-0.2, -0.15) is 0 Å². The monoisotopic (exact) mass is 518 g/mol. The molecule has 2 unspecified atom stereocenters. The minimum atomic E-state index is 0. The van der Waals surface area contributed by atoms with E-state index in [1.54, 1.807) is 0 Å². The normalized spacial score (nSPS) is 27.9. The van der Waals surface area contributed by atoms with Crippen LogP contribution >= 0.6 is 35.3 Å². The number of likely N-dealkylation sites (tertiary alicyclic amines) is 2. The van der Waals surface area contributed by atoms with Gasteiger partial charge in [0.15, 0.2) is 5.96 Å². The van der Waals surface area contributed by atoms with Crippen LogP contribution in [0.2, 0.25) is 0 Å². The number of guanidine groups is 1. The summed E-state index contributed by atoms with van der Waals surface area (Å²) in [4.78, 5) is 11.2. The molecule has 0 bridgehead atoms. The van der Waals surface area contributed by atoms with Gasteiger partial charge < -0.3 is 15.0 Å². The molecule has 2 atom stereocenters. The third-order valence-corrected chi connectivity index (χ3v) is 7.69. The largest absolute Gasteiger partial charge is 0.381 e. The Balaban J connectivity index is 0.00000225. The first-order valence-corrected chi connectivity index (χ1v) is 11.4. The first kappa shape index (κ1) is 22.3. The van der Waals surface area contributed by atoms with Crippen molar-refractivity contribution in [2.45, 2.75) is 38.6 Å². The summed E-state index contributed by atoms with van der Waals surface area (Å²) >= 11 is 1.88. The Kier molecular flexibility index (Phi) is 8.04. The van der Waals surface area contributed by atoms with Gasteiger partial charge in [0.25, 0.3) is 0 Å². The molecule has 4 heterocycles. The zero-order valence-electron chi connectivity index (χ0n) is 17.2. The molecule has 1 aromatic heterocycles. The summed E-state index contributed by atoms with van der Waals surface area (Å²) in [7, 11) is 1.92. The molecule has 3 aliphatic heterocycles. The van der Waals surface area contributed by atoms with Gasteiger partial charge in [-0.25, -0.2) is 0 Å². The van der Waals surface area contributed by atoms with Crippen molar-refractivity contribution in [3.63, 3.8) is 0 Å². The molecular formula is C21H35IN4OS. The minimum absolute atomic E-state index is 0. The highest BCUT2D eigenvalue weighted by atomic mass is 127. The number of rotatable bonds is 4. The van der Waals surface area contributed by atoms with Crippen LogP contribution in [-0.4, -0.2) is 68.7 Å². The molecule has 7 heteroatoms. The number of halogens is 1. The highest BCUT2D eigenvalue weighted by molar-refractivity contribution is 14.0. The summed E-state index contributed by atoms with van der Waals surface area (Å²) in [5.41, 5.74) is 0.369. The molecule has 4 rings (SSSR count). The van der Waals surface area contributed by atoms with Crippen LogP contribution in [0.25, 0.3) is 0 Å². The highest BCUT2D eigenvalue weighted by Gasteiger charge is 2.42. The Morgan fingerprint density at radius 2 is 2.18 bits per heavy atom. The van der Waals surface area contributed by atoms with Crippen LogP contribution in [0.3, 0.4) is 0 Å². The fourth-order valence-electron chi connectivity index (χ4n) is 4.84. The second-order valence-corrected chi connectivity index (χ2v) is 9.63. The molecule has 0 amide bonds. The van der Waals surface area contributed by atoms with Crippen molar-refractivity contribution in [2.75, 3.05) is 53.0 Å². The molecular weight excluding hydrogens is 483 g/mol. The van der Waals surface area contributed by atoms with E-state index in [0.717, 1.165) is 44.7 Å². The van der Waals surface area contributed by atoms with Crippen LogP contribution in [0, 0.1) is 11.3 Å². The lowest BCUT2D eigenvalue weighted by atomic mass is 9.87. The molecule has 28 heavy (non-hydrogen) atoms. The van der Waals surface area contributed by atoms with Crippen molar-refractivity contribution in [3.05, 3.63) is 22.4 Å². The molecule has 158 valence electrons. The first-order chi connectivity index (χ1) is 13.2. The number of nitrogens with one attached hydrogen (secondary N) is 1. The van der Waals surface area contributed by atoms with Gasteiger partial charge in [-0.3, -0.25) is 9.89 Å². The van der Waals surface area contributed by atoms with Gasteiger partial charge in [-0.15, -0.1) is 35.3 Å². The van der Waals surface area contributed by atoms with Crippen LogP contribution in [0.1, 0.15) is 43.5 Å². The Morgan fingerprint density at radius 1 is 1.36 bits per heavy atom. The predicted octanol–water partition coefficient (Wildman–Crippen LogP) is 3.83. The molecule has 3 saturated heterocycles. The average Bonchev–Trinajstić information content (AvgIpc) is 3.44. The van der Waals surface area contributed by atoms with E-state index in [1.807, 2.05) is 18.4 Å². The molecule has 1 aromatic rings. The molecule has 0 saturated carbocycles. The summed E-state index contributed by atoms with van der Waals surface area (Å²) in [5.74, 6) is 1.92. The average molecular weight is 519 g/mol. The maximum atomic E-state index is 5.69. The highest BCUT2D eigenvalue weighted by Crippen LogP contribution is 2.38. The quantitative estimate of drug-likeness (QED) is 0.374. The number of piperidine rings is 1. The van der Waals surface area contributed by atoms with Crippen molar-refractivity contribution in [3.8, 4) is 0 Å². The molecule has 3 aliphatic rings. The first-order valence-electron chi connectivity index (χ1n) is 10.5. The molecule has 5 nitrogen and oxygen atoms in total. The summed E-state index contributed by atoms with van der Waals surface area (Å²) in [6.45, 7) is 9.74. The number of hydrogen-bond acceptors (Lipinski definition) is 4. The molecule has 3 fully saturated rings. The van der Waals surface area contributed by atoms with Crippen molar-refractivity contribution >= 4 is 41.3 Å². The maximum Gasteiger partial charge on any atom is 0.193 e. The van der Waals surface area contributed by atoms with Gasteiger partial charge >= 0.3 is 0 Å². The third-order valence-electron chi connectivity index (χ3n) is 6.72. The van der Waals surface area contributed by atoms with E-state index in [0.29, 0.717) is 11.5 Å². The summed E-state index contributed by atoms with van der Waals surface area (Å²) in [6.07, 6.45) is 5.05. The number of ether oxygens (including phenoxy) is 1. The van der Waals surface area contributed by atoms with E-state index >= 15 is 0 Å². The van der Waals surface area contributed by atoms with Crippen LogP contribution in [-0.2, 0) is 4.74 Å². The van der Waals surface area contributed by atoms with Crippen LogP contribution in [0.4, 0.5) is 0 Å². The van der Waals surface area contributed by atoms with Crippen LogP contribution < -0.4 is 5.32 Å². The van der Waals surface area contributed by atoms with Crippen LogP contribution in [0.15, 0.2) is 22.5 Å². The van der Waals surface area contributed by atoms with Gasteiger partial charge in [0.2, 0.25) is 0 Å². The number of thiophene rings is 1. The minimum Gasteiger partial charge on any atom is -0.381 e. The number of aliphatic imine (C=N–C) groups is 1. The molecule has 0 radical (unpaired) electrons. The van der Waals surface area contributed by atoms with Gasteiger partial charge in [-0.05, 0) is 56.1 Å². The van der Waals surface area contributed by atoms with Gasteiger partial charge in [0.05, 0.1) is 12.6 Å². The van der Waals surface area contributed by atoms with E-state index in [4.69, 9.17) is 4.74 Å².